The highest BCUT2D eigenvalue weighted by atomic mass is 16.4. The van der Waals surface area contributed by atoms with Crippen LogP contribution in [0.1, 0.15) is 36.7 Å². The molecule has 2 rings (SSSR count). The number of guanidine groups is 1. The summed E-state index contributed by atoms with van der Waals surface area (Å²) in [5.74, 6) is -1.06. The molecule has 0 atom stereocenters. The Kier molecular flexibility index (Phi) is 4.40. The molecule has 5 N–H and O–H groups in total. The Labute approximate surface area is 135 Å². The van der Waals surface area contributed by atoms with E-state index in [4.69, 9.17) is 11.5 Å². The molecule has 2 aromatic carbocycles. The second-order valence-electron chi connectivity index (χ2n) is 6.40. The number of aliphatic imine (C=N–C) groups is 1. The lowest BCUT2D eigenvalue weighted by atomic mass is 9.86. The maximum Gasteiger partial charge on any atom is 0.336 e. The predicted molar refractivity (Wildman–Crippen MR) is 93.0 cm³/mol. The van der Waals surface area contributed by atoms with Crippen molar-refractivity contribution in [3.05, 3.63) is 53.6 Å². The fourth-order valence-corrected chi connectivity index (χ4v) is 2.33. The zero-order valence-corrected chi connectivity index (χ0v) is 13.5. The van der Waals surface area contributed by atoms with Gasteiger partial charge in [0.05, 0.1) is 11.3 Å². The monoisotopic (exact) mass is 311 g/mol. The van der Waals surface area contributed by atoms with E-state index in [0.29, 0.717) is 11.3 Å². The molecule has 0 saturated carbocycles. The highest BCUT2D eigenvalue weighted by Gasteiger charge is 2.16. The van der Waals surface area contributed by atoms with Crippen LogP contribution in [0, 0.1) is 0 Å². The van der Waals surface area contributed by atoms with Gasteiger partial charge in [-0.3, -0.25) is 0 Å². The van der Waals surface area contributed by atoms with E-state index >= 15 is 0 Å². The number of benzene rings is 2. The lowest BCUT2D eigenvalue weighted by Gasteiger charge is -2.19. The van der Waals surface area contributed by atoms with Gasteiger partial charge in [-0.1, -0.05) is 45.0 Å². The highest BCUT2D eigenvalue weighted by Crippen LogP contribution is 2.30. The third kappa shape index (κ3) is 3.88. The molecule has 0 aromatic heterocycles. The second kappa shape index (κ2) is 6.12. The molecule has 0 aliphatic rings. The predicted octanol–water partition coefficient (Wildman–Crippen LogP) is 3.25. The number of carboxylic acids is 1. The molecule has 0 bridgehead atoms. The van der Waals surface area contributed by atoms with Crippen LogP contribution < -0.4 is 11.5 Å². The van der Waals surface area contributed by atoms with Gasteiger partial charge in [0.1, 0.15) is 0 Å². The molecular formula is C18H21N3O2. The molecule has 0 heterocycles. The van der Waals surface area contributed by atoms with Crippen LogP contribution in [0.2, 0.25) is 0 Å². The van der Waals surface area contributed by atoms with Crippen LogP contribution in [0.15, 0.2) is 47.5 Å². The Hall–Kier alpha value is -2.82. The SMILES string of the molecule is CC(C)(C)c1ccc(-c2cc(N=C(N)N)ccc2C(=O)O)cc1. The number of nitrogens with two attached hydrogens (primary N) is 2. The van der Waals surface area contributed by atoms with Crippen molar-refractivity contribution >= 4 is 17.6 Å². The summed E-state index contributed by atoms with van der Waals surface area (Å²) in [4.78, 5) is 15.5. The highest BCUT2D eigenvalue weighted by molar-refractivity contribution is 5.97. The van der Waals surface area contributed by atoms with Crippen LogP contribution in [-0.4, -0.2) is 17.0 Å². The lowest BCUT2D eigenvalue weighted by Crippen LogP contribution is -2.21. The van der Waals surface area contributed by atoms with E-state index in [1.807, 2.05) is 24.3 Å². The first kappa shape index (κ1) is 16.5. The van der Waals surface area contributed by atoms with Gasteiger partial charge < -0.3 is 16.6 Å². The number of nitrogens with zero attached hydrogens (tertiary/aromatic N) is 1. The summed E-state index contributed by atoms with van der Waals surface area (Å²) < 4.78 is 0. The van der Waals surface area contributed by atoms with Crippen molar-refractivity contribution in [3.8, 4) is 11.1 Å². The van der Waals surface area contributed by atoms with Gasteiger partial charge >= 0.3 is 5.97 Å². The second-order valence-corrected chi connectivity index (χ2v) is 6.40. The maximum absolute atomic E-state index is 11.5. The van der Waals surface area contributed by atoms with Crippen LogP contribution in [-0.2, 0) is 5.41 Å². The smallest absolute Gasteiger partial charge is 0.336 e. The zero-order chi connectivity index (χ0) is 17.2. The largest absolute Gasteiger partial charge is 0.478 e. The molecule has 0 aliphatic carbocycles. The fraction of sp³-hybridized carbons (Fsp3) is 0.222. The van der Waals surface area contributed by atoms with Crippen molar-refractivity contribution < 1.29 is 9.90 Å². The van der Waals surface area contributed by atoms with Gasteiger partial charge in [0, 0.05) is 0 Å². The summed E-state index contributed by atoms with van der Waals surface area (Å²) in [5, 5.41) is 9.40. The van der Waals surface area contributed by atoms with Gasteiger partial charge in [-0.05, 0) is 40.3 Å². The third-order valence-corrected chi connectivity index (χ3v) is 3.55. The van der Waals surface area contributed by atoms with E-state index in [9.17, 15) is 9.90 Å². The van der Waals surface area contributed by atoms with Crippen LogP contribution in [0.25, 0.3) is 11.1 Å². The zero-order valence-electron chi connectivity index (χ0n) is 13.5. The Morgan fingerprint density at radius 1 is 1.04 bits per heavy atom. The number of rotatable bonds is 3. The quantitative estimate of drug-likeness (QED) is 0.598. The Balaban J connectivity index is 2.56. The molecule has 0 aliphatic heterocycles. The minimum Gasteiger partial charge on any atom is -0.478 e. The van der Waals surface area contributed by atoms with Crippen molar-refractivity contribution in [2.75, 3.05) is 0 Å². The van der Waals surface area contributed by atoms with Gasteiger partial charge in [-0.15, -0.1) is 0 Å². The van der Waals surface area contributed by atoms with Crippen molar-refractivity contribution in [1.82, 2.24) is 0 Å². The minimum atomic E-state index is -0.990. The van der Waals surface area contributed by atoms with Crippen molar-refractivity contribution in [3.63, 3.8) is 0 Å². The topological polar surface area (TPSA) is 102 Å². The average molecular weight is 311 g/mol. The van der Waals surface area contributed by atoms with E-state index in [1.165, 1.54) is 11.6 Å². The Morgan fingerprint density at radius 2 is 1.65 bits per heavy atom. The normalized spacial score (nSPS) is 11.1. The standard InChI is InChI=1S/C18H21N3O2/c1-18(2,3)12-6-4-11(5-7-12)15-10-13(21-17(19)20)8-9-14(15)16(22)23/h4-10H,1-3H3,(H,22,23)(H4,19,20,21). The first-order chi connectivity index (χ1) is 10.7. The van der Waals surface area contributed by atoms with Crippen LogP contribution >= 0.6 is 0 Å². The van der Waals surface area contributed by atoms with E-state index in [0.717, 1.165) is 5.56 Å². The van der Waals surface area contributed by atoms with Crippen LogP contribution in [0.5, 0.6) is 0 Å². The summed E-state index contributed by atoms with van der Waals surface area (Å²) in [6, 6.07) is 12.6. The van der Waals surface area contributed by atoms with Gasteiger partial charge in [0.25, 0.3) is 0 Å². The van der Waals surface area contributed by atoms with E-state index in [2.05, 4.69) is 25.8 Å². The summed E-state index contributed by atoms with van der Waals surface area (Å²) in [6.45, 7) is 6.39. The summed E-state index contributed by atoms with van der Waals surface area (Å²) in [6.07, 6.45) is 0. The number of carbonyl (C=O) groups is 1. The minimum absolute atomic E-state index is 0.0360. The maximum atomic E-state index is 11.5. The average Bonchev–Trinajstić information content (AvgIpc) is 2.45. The molecule has 5 heteroatoms. The molecule has 120 valence electrons. The molecule has 2 aromatic rings. The van der Waals surface area contributed by atoms with Gasteiger partial charge in [0.2, 0.25) is 0 Å². The van der Waals surface area contributed by atoms with Gasteiger partial charge in [-0.25, -0.2) is 9.79 Å². The molecule has 0 saturated heterocycles. The molecule has 23 heavy (non-hydrogen) atoms. The molecule has 0 unspecified atom stereocenters. The number of hydrogen-bond acceptors (Lipinski definition) is 2. The summed E-state index contributed by atoms with van der Waals surface area (Å²) in [7, 11) is 0. The molecule has 5 nitrogen and oxygen atoms in total. The fourth-order valence-electron chi connectivity index (χ4n) is 2.33. The van der Waals surface area contributed by atoms with E-state index in [1.54, 1.807) is 12.1 Å². The van der Waals surface area contributed by atoms with E-state index < -0.39 is 5.97 Å². The molecular weight excluding hydrogens is 290 g/mol. The number of aromatic carboxylic acids is 1. The third-order valence-electron chi connectivity index (χ3n) is 3.55. The summed E-state index contributed by atoms with van der Waals surface area (Å²) in [5.41, 5.74) is 14.1. The van der Waals surface area contributed by atoms with E-state index in [-0.39, 0.29) is 16.9 Å². The Morgan fingerprint density at radius 3 is 2.13 bits per heavy atom. The molecule has 0 radical (unpaired) electrons. The number of hydrogen-bond donors (Lipinski definition) is 3. The molecule has 0 amide bonds. The van der Waals surface area contributed by atoms with Crippen molar-refractivity contribution in [1.29, 1.82) is 0 Å². The van der Waals surface area contributed by atoms with Gasteiger partial charge in [-0.2, -0.15) is 0 Å². The van der Waals surface area contributed by atoms with Gasteiger partial charge in [0.15, 0.2) is 5.96 Å². The Bertz CT molecular complexity index is 753. The first-order valence-corrected chi connectivity index (χ1v) is 7.26. The number of carboxylic acid groups (broad SMARTS) is 1. The molecule has 0 spiro atoms. The first-order valence-electron chi connectivity index (χ1n) is 7.26. The molecule has 0 fully saturated rings. The lowest BCUT2D eigenvalue weighted by molar-refractivity contribution is 0.0698. The van der Waals surface area contributed by atoms with Crippen molar-refractivity contribution in [2.24, 2.45) is 16.5 Å². The van der Waals surface area contributed by atoms with Crippen molar-refractivity contribution in [2.45, 2.75) is 26.2 Å². The van der Waals surface area contributed by atoms with Crippen LogP contribution in [0.3, 0.4) is 0 Å². The van der Waals surface area contributed by atoms with Crippen LogP contribution in [0.4, 0.5) is 5.69 Å². The summed E-state index contributed by atoms with van der Waals surface area (Å²) >= 11 is 0.